The Morgan fingerprint density at radius 2 is 2.13 bits per heavy atom. The van der Waals surface area contributed by atoms with Gasteiger partial charge in [0, 0.05) is 6.04 Å². The minimum absolute atomic E-state index is 0.256. The number of hydrogen-bond acceptors (Lipinski definition) is 2. The van der Waals surface area contributed by atoms with E-state index < -0.39 is 0 Å². The van der Waals surface area contributed by atoms with Gasteiger partial charge in [-0.15, -0.1) is 0 Å². The van der Waals surface area contributed by atoms with Crippen molar-refractivity contribution < 1.29 is 0 Å². The average molecular weight is 247 g/mol. The normalized spacial score (nSPS) is 12.8. The first-order chi connectivity index (χ1) is 7.19. The van der Waals surface area contributed by atoms with E-state index in [0.29, 0.717) is 10.0 Å². The Hall–Kier alpha value is -0.280. The van der Waals surface area contributed by atoms with Gasteiger partial charge in [0.15, 0.2) is 0 Å². The van der Waals surface area contributed by atoms with Crippen LogP contribution in [0.25, 0.3) is 0 Å². The minimum Gasteiger partial charge on any atom is -0.271 e. The molecule has 1 aromatic rings. The van der Waals surface area contributed by atoms with Crippen LogP contribution in [0.4, 0.5) is 0 Å². The van der Waals surface area contributed by atoms with Crippen LogP contribution in [-0.4, -0.2) is 6.04 Å². The smallest absolute Gasteiger partial charge is 0.0624 e. The summed E-state index contributed by atoms with van der Waals surface area (Å²) in [6.45, 7) is 2.13. The standard InChI is InChI=1S/C11H16Cl2N2/c1-2-4-9(15-14)7-8-5-3-6-10(12)11(8)13/h3,5-6,9,15H,2,4,7,14H2,1H3. The average Bonchev–Trinajstić information content (AvgIpc) is 2.24. The van der Waals surface area contributed by atoms with E-state index in [4.69, 9.17) is 29.0 Å². The zero-order valence-electron chi connectivity index (χ0n) is 8.76. The van der Waals surface area contributed by atoms with Gasteiger partial charge in [-0.25, -0.2) is 0 Å². The summed E-state index contributed by atoms with van der Waals surface area (Å²) < 4.78 is 0. The Morgan fingerprint density at radius 1 is 1.40 bits per heavy atom. The zero-order valence-corrected chi connectivity index (χ0v) is 10.3. The number of nitrogens with two attached hydrogens (primary N) is 1. The van der Waals surface area contributed by atoms with Crippen LogP contribution in [0.2, 0.25) is 10.0 Å². The topological polar surface area (TPSA) is 38.0 Å². The molecule has 0 amide bonds. The number of benzene rings is 1. The molecule has 0 aliphatic rings. The summed E-state index contributed by atoms with van der Waals surface area (Å²) in [6, 6.07) is 5.93. The fourth-order valence-electron chi connectivity index (χ4n) is 1.56. The van der Waals surface area contributed by atoms with Crippen molar-refractivity contribution in [1.29, 1.82) is 0 Å². The van der Waals surface area contributed by atoms with Crippen LogP contribution in [-0.2, 0) is 6.42 Å². The van der Waals surface area contributed by atoms with Crippen molar-refractivity contribution in [3.8, 4) is 0 Å². The Labute approximate surface area is 101 Å². The van der Waals surface area contributed by atoms with E-state index in [2.05, 4.69) is 12.3 Å². The molecule has 84 valence electrons. The number of hydrogen-bond donors (Lipinski definition) is 2. The third kappa shape index (κ3) is 3.65. The summed E-state index contributed by atoms with van der Waals surface area (Å²) in [5.41, 5.74) is 3.84. The highest BCUT2D eigenvalue weighted by Crippen LogP contribution is 2.26. The summed E-state index contributed by atoms with van der Waals surface area (Å²) >= 11 is 12.0. The fourth-order valence-corrected chi connectivity index (χ4v) is 1.96. The van der Waals surface area contributed by atoms with E-state index in [-0.39, 0.29) is 6.04 Å². The Balaban J connectivity index is 2.74. The van der Waals surface area contributed by atoms with Crippen molar-refractivity contribution in [2.45, 2.75) is 32.2 Å². The lowest BCUT2D eigenvalue weighted by atomic mass is 10.0. The van der Waals surface area contributed by atoms with Crippen LogP contribution in [0.3, 0.4) is 0 Å². The van der Waals surface area contributed by atoms with E-state index in [1.165, 1.54) is 0 Å². The molecule has 2 nitrogen and oxygen atoms in total. The number of nitrogens with one attached hydrogen (secondary N) is 1. The maximum absolute atomic E-state index is 6.09. The lowest BCUT2D eigenvalue weighted by Crippen LogP contribution is -2.36. The molecule has 1 unspecified atom stereocenters. The van der Waals surface area contributed by atoms with Gasteiger partial charge in [-0.05, 0) is 24.5 Å². The molecule has 0 bridgehead atoms. The molecule has 1 atom stereocenters. The zero-order chi connectivity index (χ0) is 11.3. The molecule has 1 aromatic carbocycles. The maximum atomic E-state index is 6.09. The van der Waals surface area contributed by atoms with E-state index >= 15 is 0 Å². The lowest BCUT2D eigenvalue weighted by Gasteiger charge is -2.15. The Morgan fingerprint density at radius 3 is 2.73 bits per heavy atom. The van der Waals surface area contributed by atoms with Gasteiger partial charge in [0.2, 0.25) is 0 Å². The monoisotopic (exact) mass is 246 g/mol. The van der Waals surface area contributed by atoms with E-state index in [0.717, 1.165) is 24.8 Å². The largest absolute Gasteiger partial charge is 0.271 e. The van der Waals surface area contributed by atoms with E-state index in [1.54, 1.807) is 6.07 Å². The molecule has 0 spiro atoms. The predicted octanol–water partition coefficient (Wildman–Crippen LogP) is 3.17. The summed E-state index contributed by atoms with van der Waals surface area (Å²) in [7, 11) is 0. The van der Waals surface area contributed by atoms with Gasteiger partial charge in [-0.3, -0.25) is 11.3 Å². The predicted molar refractivity (Wildman–Crippen MR) is 66.2 cm³/mol. The molecule has 0 saturated heterocycles. The highest BCUT2D eigenvalue weighted by Gasteiger charge is 2.10. The lowest BCUT2D eigenvalue weighted by molar-refractivity contribution is 0.486. The van der Waals surface area contributed by atoms with Gasteiger partial charge in [0.25, 0.3) is 0 Å². The number of halogens is 2. The van der Waals surface area contributed by atoms with E-state index in [9.17, 15) is 0 Å². The molecule has 0 fully saturated rings. The first-order valence-corrected chi connectivity index (χ1v) is 5.83. The van der Waals surface area contributed by atoms with Gasteiger partial charge >= 0.3 is 0 Å². The van der Waals surface area contributed by atoms with Crippen molar-refractivity contribution in [2.75, 3.05) is 0 Å². The van der Waals surface area contributed by atoms with Crippen LogP contribution < -0.4 is 11.3 Å². The van der Waals surface area contributed by atoms with Gasteiger partial charge in [0.05, 0.1) is 10.0 Å². The third-order valence-electron chi connectivity index (χ3n) is 2.37. The van der Waals surface area contributed by atoms with Crippen molar-refractivity contribution in [1.82, 2.24) is 5.43 Å². The molecule has 0 aliphatic heterocycles. The van der Waals surface area contributed by atoms with Crippen molar-refractivity contribution >= 4 is 23.2 Å². The molecule has 3 N–H and O–H groups in total. The quantitative estimate of drug-likeness (QED) is 0.619. The van der Waals surface area contributed by atoms with Crippen LogP contribution in [0, 0.1) is 0 Å². The highest BCUT2D eigenvalue weighted by molar-refractivity contribution is 6.42. The first-order valence-electron chi connectivity index (χ1n) is 5.08. The third-order valence-corrected chi connectivity index (χ3v) is 3.23. The Kier molecular flexibility index (Phi) is 5.40. The second-order valence-corrected chi connectivity index (χ2v) is 4.35. The SMILES string of the molecule is CCCC(Cc1cccc(Cl)c1Cl)NN. The maximum Gasteiger partial charge on any atom is 0.0624 e. The summed E-state index contributed by atoms with van der Waals surface area (Å²) in [5, 5.41) is 1.23. The van der Waals surface area contributed by atoms with Gasteiger partial charge < -0.3 is 0 Å². The summed E-state index contributed by atoms with van der Waals surface area (Å²) in [4.78, 5) is 0. The van der Waals surface area contributed by atoms with Crippen LogP contribution in [0.1, 0.15) is 25.3 Å². The molecular weight excluding hydrogens is 231 g/mol. The Bertz CT molecular complexity index is 315. The number of rotatable bonds is 5. The molecular formula is C11H16Cl2N2. The molecule has 4 heteroatoms. The van der Waals surface area contributed by atoms with Crippen LogP contribution >= 0.6 is 23.2 Å². The second kappa shape index (κ2) is 6.33. The number of hydrazine groups is 1. The first kappa shape index (κ1) is 12.8. The summed E-state index contributed by atoms with van der Waals surface area (Å²) in [6.07, 6.45) is 2.93. The molecule has 0 radical (unpaired) electrons. The highest BCUT2D eigenvalue weighted by atomic mass is 35.5. The van der Waals surface area contributed by atoms with E-state index in [1.807, 2.05) is 12.1 Å². The van der Waals surface area contributed by atoms with Crippen molar-refractivity contribution in [3.05, 3.63) is 33.8 Å². The molecule has 0 aromatic heterocycles. The molecule has 0 heterocycles. The van der Waals surface area contributed by atoms with Gasteiger partial charge in [-0.1, -0.05) is 48.7 Å². The van der Waals surface area contributed by atoms with Gasteiger partial charge in [-0.2, -0.15) is 0 Å². The molecule has 1 rings (SSSR count). The minimum atomic E-state index is 0.256. The molecule has 0 aliphatic carbocycles. The van der Waals surface area contributed by atoms with Crippen molar-refractivity contribution in [3.63, 3.8) is 0 Å². The van der Waals surface area contributed by atoms with Crippen LogP contribution in [0.15, 0.2) is 18.2 Å². The summed E-state index contributed by atoms with van der Waals surface area (Å²) in [5.74, 6) is 5.47. The van der Waals surface area contributed by atoms with Gasteiger partial charge in [0.1, 0.15) is 0 Å². The molecule has 15 heavy (non-hydrogen) atoms. The molecule has 0 saturated carbocycles. The van der Waals surface area contributed by atoms with Crippen molar-refractivity contribution in [2.24, 2.45) is 5.84 Å². The van der Waals surface area contributed by atoms with Crippen LogP contribution in [0.5, 0.6) is 0 Å². The second-order valence-electron chi connectivity index (χ2n) is 3.57. The fraction of sp³-hybridized carbons (Fsp3) is 0.455.